The fourth-order valence-corrected chi connectivity index (χ4v) is 0.697. The molecule has 0 heterocycles. The van der Waals surface area contributed by atoms with Crippen LogP contribution < -0.4 is 11.1 Å². The van der Waals surface area contributed by atoms with Crippen LogP contribution in [0.15, 0.2) is 36.6 Å². The molecule has 2 nitrogen and oxygen atoms in total. The monoisotopic (exact) mass is 138 g/mol. The summed E-state index contributed by atoms with van der Waals surface area (Å²) in [6, 6.07) is 0. The minimum atomic E-state index is 0.492. The quantitative estimate of drug-likeness (QED) is 0.564. The Labute approximate surface area is 62.1 Å². The largest absolute Gasteiger partial charge is 0.388 e. The second-order valence-electron chi connectivity index (χ2n) is 1.80. The van der Waals surface area contributed by atoms with Gasteiger partial charge in [-0.25, -0.2) is 0 Å². The van der Waals surface area contributed by atoms with Crippen molar-refractivity contribution in [2.24, 2.45) is 5.73 Å². The molecule has 0 aromatic rings. The van der Waals surface area contributed by atoms with Gasteiger partial charge in [0, 0.05) is 19.3 Å². The van der Waals surface area contributed by atoms with Crippen LogP contribution in [0.2, 0.25) is 0 Å². The molecule has 0 aliphatic carbocycles. The topological polar surface area (TPSA) is 38.0 Å². The highest BCUT2D eigenvalue weighted by molar-refractivity contribution is 5.30. The van der Waals surface area contributed by atoms with E-state index in [9.17, 15) is 0 Å². The van der Waals surface area contributed by atoms with E-state index in [4.69, 9.17) is 5.73 Å². The van der Waals surface area contributed by atoms with Crippen LogP contribution in [-0.4, -0.2) is 13.6 Å². The molecule has 0 unspecified atom stereocenters. The molecule has 0 radical (unpaired) electrons. The first kappa shape index (κ1) is 8.98. The van der Waals surface area contributed by atoms with Crippen LogP contribution in [0.25, 0.3) is 0 Å². The van der Waals surface area contributed by atoms with Gasteiger partial charge < -0.3 is 11.1 Å². The summed E-state index contributed by atoms with van der Waals surface area (Å²) in [6.45, 7) is 7.74. The summed E-state index contributed by atoms with van der Waals surface area (Å²) in [5.41, 5.74) is 7.34. The van der Waals surface area contributed by atoms with Crippen molar-refractivity contribution in [3.8, 4) is 0 Å². The summed E-state index contributed by atoms with van der Waals surface area (Å²) in [7, 11) is 1.83. The zero-order chi connectivity index (χ0) is 7.98. The van der Waals surface area contributed by atoms with E-state index in [0.717, 1.165) is 11.3 Å². The van der Waals surface area contributed by atoms with E-state index in [-0.39, 0.29) is 0 Å². The summed E-state index contributed by atoms with van der Waals surface area (Å²) < 4.78 is 0. The molecule has 0 fully saturated rings. The number of allylic oxidation sites excluding steroid dienone is 1. The van der Waals surface area contributed by atoms with Gasteiger partial charge in [0.05, 0.1) is 0 Å². The second kappa shape index (κ2) is 4.82. The molecular formula is C8H14N2. The Morgan fingerprint density at radius 2 is 2.10 bits per heavy atom. The van der Waals surface area contributed by atoms with Gasteiger partial charge in [-0.1, -0.05) is 19.2 Å². The lowest BCUT2D eigenvalue weighted by Crippen LogP contribution is -2.11. The van der Waals surface area contributed by atoms with Gasteiger partial charge >= 0.3 is 0 Å². The normalized spacial score (nSPS) is 11.8. The molecule has 0 saturated heterocycles. The highest BCUT2D eigenvalue weighted by Gasteiger charge is 1.93. The van der Waals surface area contributed by atoms with Crippen molar-refractivity contribution in [2.45, 2.75) is 0 Å². The average Bonchev–Trinajstić information content (AvgIpc) is 2.00. The van der Waals surface area contributed by atoms with Crippen LogP contribution in [-0.2, 0) is 0 Å². The molecule has 3 N–H and O–H groups in total. The zero-order valence-electron chi connectivity index (χ0n) is 6.35. The molecule has 0 spiro atoms. The smallest absolute Gasteiger partial charge is 0.0376 e. The highest BCUT2D eigenvalue weighted by atomic mass is 14.8. The van der Waals surface area contributed by atoms with Crippen LogP contribution in [0.1, 0.15) is 0 Å². The van der Waals surface area contributed by atoms with Gasteiger partial charge in [0.25, 0.3) is 0 Å². The van der Waals surface area contributed by atoms with Crippen molar-refractivity contribution in [1.82, 2.24) is 5.32 Å². The predicted molar refractivity (Wildman–Crippen MR) is 45.5 cm³/mol. The van der Waals surface area contributed by atoms with E-state index in [1.165, 1.54) is 0 Å². The van der Waals surface area contributed by atoms with E-state index in [2.05, 4.69) is 18.5 Å². The SMILES string of the molecule is C=C/C(CN)=C(\C=C)NC. The maximum atomic E-state index is 5.42. The molecule has 0 aliphatic heterocycles. The third kappa shape index (κ3) is 2.07. The molecule has 0 saturated carbocycles. The summed E-state index contributed by atoms with van der Waals surface area (Å²) in [5.74, 6) is 0. The molecule has 0 aliphatic rings. The molecule has 0 amide bonds. The molecule has 10 heavy (non-hydrogen) atoms. The van der Waals surface area contributed by atoms with E-state index >= 15 is 0 Å². The van der Waals surface area contributed by atoms with Crippen molar-refractivity contribution >= 4 is 0 Å². The van der Waals surface area contributed by atoms with Gasteiger partial charge in [-0.2, -0.15) is 0 Å². The van der Waals surface area contributed by atoms with Crippen molar-refractivity contribution in [3.63, 3.8) is 0 Å². The molecule has 0 bridgehead atoms. The molecule has 56 valence electrons. The van der Waals surface area contributed by atoms with Crippen LogP contribution in [0.5, 0.6) is 0 Å². The van der Waals surface area contributed by atoms with Gasteiger partial charge in [-0.15, -0.1) is 0 Å². The van der Waals surface area contributed by atoms with Gasteiger partial charge in [-0.3, -0.25) is 0 Å². The van der Waals surface area contributed by atoms with E-state index in [1.807, 2.05) is 7.05 Å². The Bertz CT molecular complexity index is 139. The zero-order valence-corrected chi connectivity index (χ0v) is 6.35. The Hall–Kier alpha value is -1.02. The third-order valence-electron chi connectivity index (χ3n) is 1.29. The molecule has 0 aromatic heterocycles. The Balaban J connectivity index is 4.50. The Morgan fingerprint density at radius 1 is 1.50 bits per heavy atom. The van der Waals surface area contributed by atoms with Gasteiger partial charge in [0.2, 0.25) is 0 Å². The summed E-state index contributed by atoms with van der Waals surface area (Å²) in [6.07, 6.45) is 3.46. The van der Waals surface area contributed by atoms with Gasteiger partial charge in [0.1, 0.15) is 0 Å². The standard InChI is InChI=1S/C8H14N2/c1-4-7(6-9)8(5-2)10-3/h4-5,10H,1-2,6,9H2,3H3/b8-7-. The molecule has 0 rings (SSSR count). The van der Waals surface area contributed by atoms with Gasteiger partial charge in [-0.05, 0) is 11.6 Å². The molecule has 2 heteroatoms. The third-order valence-corrected chi connectivity index (χ3v) is 1.29. The first-order chi connectivity index (χ1) is 4.79. The molecule has 0 aromatic carbocycles. The lowest BCUT2D eigenvalue weighted by atomic mass is 10.2. The second-order valence-corrected chi connectivity index (χ2v) is 1.80. The average molecular weight is 138 g/mol. The summed E-state index contributed by atoms with van der Waals surface area (Å²) in [5, 5.41) is 2.96. The first-order valence-electron chi connectivity index (χ1n) is 3.16. The van der Waals surface area contributed by atoms with E-state index in [1.54, 1.807) is 12.2 Å². The molecule has 0 atom stereocenters. The lowest BCUT2D eigenvalue weighted by Gasteiger charge is -2.04. The van der Waals surface area contributed by atoms with Gasteiger partial charge in [0.15, 0.2) is 0 Å². The highest BCUT2D eigenvalue weighted by Crippen LogP contribution is 2.00. The van der Waals surface area contributed by atoms with Crippen molar-refractivity contribution in [1.29, 1.82) is 0 Å². The van der Waals surface area contributed by atoms with E-state index in [0.29, 0.717) is 6.54 Å². The Morgan fingerprint density at radius 3 is 2.20 bits per heavy atom. The fraction of sp³-hybridized carbons (Fsp3) is 0.250. The van der Waals surface area contributed by atoms with Crippen molar-refractivity contribution in [2.75, 3.05) is 13.6 Å². The number of nitrogens with one attached hydrogen (secondary N) is 1. The number of nitrogens with two attached hydrogens (primary N) is 1. The number of hydrogen-bond acceptors (Lipinski definition) is 2. The minimum Gasteiger partial charge on any atom is -0.388 e. The maximum absolute atomic E-state index is 5.42. The van der Waals surface area contributed by atoms with Crippen LogP contribution in [0.3, 0.4) is 0 Å². The van der Waals surface area contributed by atoms with Crippen LogP contribution >= 0.6 is 0 Å². The van der Waals surface area contributed by atoms with Crippen molar-refractivity contribution < 1.29 is 0 Å². The summed E-state index contributed by atoms with van der Waals surface area (Å²) in [4.78, 5) is 0. The maximum Gasteiger partial charge on any atom is 0.0376 e. The number of likely N-dealkylation sites (N-methyl/N-ethyl adjacent to an activating group) is 1. The lowest BCUT2D eigenvalue weighted by molar-refractivity contribution is 0.991. The van der Waals surface area contributed by atoms with Crippen molar-refractivity contribution in [3.05, 3.63) is 36.6 Å². The fourth-order valence-electron chi connectivity index (χ4n) is 0.697. The summed E-state index contributed by atoms with van der Waals surface area (Å²) >= 11 is 0. The molecular weight excluding hydrogens is 124 g/mol. The Kier molecular flexibility index (Phi) is 4.33. The predicted octanol–water partition coefficient (Wildman–Crippen LogP) is 0.791. The van der Waals surface area contributed by atoms with Crippen LogP contribution in [0, 0.1) is 0 Å². The first-order valence-corrected chi connectivity index (χ1v) is 3.16. The number of hydrogen-bond donors (Lipinski definition) is 2. The van der Waals surface area contributed by atoms with Crippen LogP contribution in [0.4, 0.5) is 0 Å². The minimum absolute atomic E-state index is 0.492. The number of rotatable bonds is 4. The van der Waals surface area contributed by atoms with E-state index < -0.39 is 0 Å².